The second-order valence-corrected chi connectivity index (χ2v) is 7.52. The van der Waals surface area contributed by atoms with Gasteiger partial charge in [-0.1, -0.05) is 18.2 Å². The van der Waals surface area contributed by atoms with E-state index in [2.05, 4.69) is 29.3 Å². The number of likely N-dealkylation sites (tertiary alicyclic amines) is 1. The van der Waals surface area contributed by atoms with Crippen LogP contribution in [0.3, 0.4) is 0 Å². The molecule has 1 N–H and O–H groups in total. The van der Waals surface area contributed by atoms with Gasteiger partial charge in [-0.3, -0.25) is 0 Å². The van der Waals surface area contributed by atoms with Gasteiger partial charge in [-0.05, 0) is 18.1 Å². The first kappa shape index (κ1) is 14.5. The zero-order valence-electron chi connectivity index (χ0n) is 13.8. The lowest BCUT2D eigenvalue weighted by molar-refractivity contribution is -1.02. The first-order valence-electron chi connectivity index (χ1n) is 9.05. The molecule has 1 aromatic carbocycles. The summed E-state index contributed by atoms with van der Waals surface area (Å²) in [4.78, 5) is 13.0. The van der Waals surface area contributed by atoms with E-state index in [1.807, 2.05) is 0 Å². The molecule has 1 amide bonds. The van der Waals surface area contributed by atoms with Gasteiger partial charge in [0.05, 0.1) is 31.3 Å². The summed E-state index contributed by atoms with van der Waals surface area (Å²) in [7, 11) is 0. The van der Waals surface area contributed by atoms with Crippen molar-refractivity contribution in [3.8, 4) is 0 Å². The second kappa shape index (κ2) is 5.10. The van der Waals surface area contributed by atoms with Gasteiger partial charge in [-0.2, -0.15) is 4.59 Å². The minimum atomic E-state index is -0.790. The van der Waals surface area contributed by atoms with Crippen LogP contribution in [0.2, 0.25) is 0 Å². The van der Waals surface area contributed by atoms with Crippen molar-refractivity contribution in [3.05, 3.63) is 29.8 Å². The summed E-state index contributed by atoms with van der Waals surface area (Å²) in [6.45, 7) is 3.35. The van der Waals surface area contributed by atoms with E-state index in [9.17, 15) is 9.90 Å². The Morgan fingerprint density at radius 3 is 2.79 bits per heavy atom. The predicted octanol–water partition coefficient (Wildman–Crippen LogP) is 2.05. The Morgan fingerprint density at radius 1 is 1.25 bits per heavy atom. The molecule has 3 unspecified atom stereocenters. The number of carboxylic acid groups (broad SMARTS) is 1. The fraction of sp³-hybridized carbons (Fsp3) is 0.611. The molecule has 6 rings (SSSR count). The Balaban J connectivity index is 1.53. The molecule has 2 bridgehead atoms. The van der Waals surface area contributed by atoms with Gasteiger partial charge in [0.15, 0.2) is 0 Å². The third-order valence-electron chi connectivity index (χ3n) is 6.50. The smallest absolute Gasteiger partial charge is 0.407 e. The van der Waals surface area contributed by atoms with E-state index >= 15 is 0 Å². The summed E-state index contributed by atoms with van der Waals surface area (Å²) in [5.74, 6) is 0. The number of anilines is 1. The van der Waals surface area contributed by atoms with Crippen LogP contribution in [-0.4, -0.2) is 65.2 Å². The van der Waals surface area contributed by atoms with Crippen LogP contribution in [-0.2, 0) is 11.2 Å². The van der Waals surface area contributed by atoms with Gasteiger partial charge in [-0.15, -0.1) is 0 Å². The van der Waals surface area contributed by atoms with Crippen molar-refractivity contribution in [2.45, 2.75) is 44.1 Å². The molecule has 0 aliphatic carbocycles. The maximum atomic E-state index is 11.4. The number of quaternary nitrogens is 1. The van der Waals surface area contributed by atoms with Crippen LogP contribution in [0.5, 0.6) is 0 Å². The van der Waals surface area contributed by atoms with Crippen LogP contribution in [0.4, 0.5) is 10.5 Å². The number of fused-ring (bicyclic) bond motifs is 3. The third kappa shape index (κ3) is 1.87. The number of amides is 1. The average molecular weight is 330 g/mol. The van der Waals surface area contributed by atoms with E-state index in [-0.39, 0.29) is 6.23 Å². The van der Waals surface area contributed by atoms with Gasteiger partial charge in [-0.25, -0.2) is 9.80 Å². The topological polar surface area (TPSA) is 53.0 Å². The first-order chi connectivity index (χ1) is 11.7. The maximum absolute atomic E-state index is 11.4. The summed E-state index contributed by atoms with van der Waals surface area (Å²) in [6, 6.07) is 8.97. The summed E-state index contributed by atoms with van der Waals surface area (Å²) in [6.07, 6.45) is 4.03. The molecule has 24 heavy (non-hydrogen) atoms. The highest BCUT2D eigenvalue weighted by molar-refractivity contribution is 5.65. The molecule has 128 valence electrons. The van der Waals surface area contributed by atoms with Gasteiger partial charge in [0.1, 0.15) is 12.6 Å². The number of hydrogen-bond donors (Lipinski definition) is 1. The average Bonchev–Trinajstić information content (AvgIpc) is 3.22. The van der Waals surface area contributed by atoms with Crippen molar-refractivity contribution in [2.24, 2.45) is 0 Å². The normalized spacial score (nSPS) is 37.2. The third-order valence-corrected chi connectivity index (χ3v) is 6.50. The van der Waals surface area contributed by atoms with E-state index in [1.165, 1.54) is 11.3 Å². The van der Waals surface area contributed by atoms with E-state index in [0.717, 1.165) is 43.4 Å². The minimum Gasteiger partial charge on any atom is -0.465 e. The van der Waals surface area contributed by atoms with Crippen LogP contribution in [0.15, 0.2) is 24.3 Å². The number of carbonyl (C=O) groups is 1. The van der Waals surface area contributed by atoms with Gasteiger partial charge < -0.3 is 14.7 Å². The molecule has 5 aliphatic heterocycles. The van der Waals surface area contributed by atoms with Crippen LogP contribution >= 0.6 is 0 Å². The van der Waals surface area contributed by atoms with Crippen molar-refractivity contribution in [1.29, 1.82) is 0 Å². The van der Waals surface area contributed by atoms with Crippen molar-refractivity contribution in [2.75, 3.05) is 31.2 Å². The molecule has 5 heterocycles. The molecule has 6 nitrogen and oxygen atoms in total. The lowest BCUT2D eigenvalue weighted by Gasteiger charge is -2.60. The van der Waals surface area contributed by atoms with Gasteiger partial charge in [0, 0.05) is 19.4 Å². The maximum Gasteiger partial charge on any atom is 0.407 e. The highest BCUT2D eigenvalue weighted by atomic mass is 16.6. The number of rotatable bonds is 2. The molecule has 0 spiro atoms. The molecule has 4 fully saturated rings. The molecule has 0 radical (unpaired) electrons. The Morgan fingerprint density at radius 2 is 2.08 bits per heavy atom. The fourth-order valence-electron chi connectivity index (χ4n) is 5.28. The number of para-hydroxylation sites is 1. The summed E-state index contributed by atoms with van der Waals surface area (Å²) in [5.41, 5.74) is 2.73. The van der Waals surface area contributed by atoms with E-state index in [1.54, 1.807) is 4.90 Å². The Hall–Kier alpha value is -1.79. The number of piperidine rings is 1. The molecule has 6 heteroatoms. The van der Waals surface area contributed by atoms with Crippen molar-refractivity contribution in [3.63, 3.8) is 0 Å². The highest BCUT2D eigenvalue weighted by Gasteiger charge is 2.61. The quantitative estimate of drug-likeness (QED) is 0.843. The molecule has 4 atom stereocenters. The number of benzene rings is 1. The van der Waals surface area contributed by atoms with Crippen LogP contribution in [0, 0.1) is 0 Å². The Labute approximate surface area is 141 Å². The zero-order chi connectivity index (χ0) is 16.3. The van der Waals surface area contributed by atoms with Crippen molar-refractivity contribution < 1.29 is 19.2 Å². The van der Waals surface area contributed by atoms with E-state index in [0.29, 0.717) is 25.2 Å². The molecule has 4 saturated heterocycles. The highest BCUT2D eigenvalue weighted by Crippen LogP contribution is 2.47. The van der Waals surface area contributed by atoms with E-state index in [4.69, 9.17) is 4.74 Å². The van der Waals surface area contributed by atoms with E-state index < -0.39 is 6.09 Å². The lowest BCUT2D eigenvalue weighted by atomic mass is 9.95. The van der Waals surface area contributed by atoms with Crippen LogP contribution in [0.1, 0.15) is 24.8 Å². The van der Waals surface area contributed by atoms with Gasteiger partial charge in [0.25, 0.3) is 0 Å². The minimum absolute atomic E-state index is 0.202. The zero-order valence-corrected chi connectivity index (χ0v) is 13.8. The number of ether oxygens (including phenoxy) is 1. The van der Waals surface area contributed by atoms with Crippen molar-refractivity contribution in [1.82, 2.24) is 4.90 Å². The SMILES string of the molecule is O=C(O)N1CC[C@H]([N+]2(N3CCc4ccccc43)CCC3CC2O3)C1. The lowest BCUT2D eigenvalue weighted by Crippen LogP contribution is -2.78. The molecular formula is C18H24N3O3+. The predicted molar refractivity (Wildman–Crippen MR) is 88.5 cm³/mol. The number of hydrogen-bond acceptors (Lipinski definition) is 3. The Kier molecular flexibility index (Phi) is 3.09. The van der Waals surface area contributed by atoms with Gasteiger partial charge >= 0.3 is 6.09 Å². The molecular weight excluding hydrogens is 306 g/mol. The fourth-order valence-corrected chi connectivity index (χ4v) is 5.28. The summed E-state index contributed by atoms with van der Waals surface area (Å²) < 4.78 is 7.01. The molecule has 1 aromatic rings. The molecule has 5 aliphatic rings. The van der Waals surface area contributed by atoms with Crippen LogP contribution in [0.25, 0.3) is 0 Å². The first-order valence-corrected chi connectivity index (χ1v) is 9.05. The summed E-state index contributed by atoms with van der Waals surface area (Å²) in [5, 5.41) is 11.9. The van der Waals surface area contributed by atoms with Gasteiger partial charge in [0.2, 0.25) is 6.23 Å². The second-order valence-electron chi connectivity index (χ2n) is 7.52. The summed E-state index contributed by atoms with van der Waals surface area (Å²) >= 11 is 0. The van der Waals surface area contributed by atoms with Crippen LogP contribution < -0.4 is 5.01 Å². The monoisotopic (exact) mass is 330 g/mol. The standard InChI is InChI=1S/C18H23N3O3/c22-18(23)19-8-6-14(12-19)21(10-7-15-11-17(21)24-15)20-9-5-13-3-1-2-4-16(13)20/h1-4,14-15,17H,5-12H2/p+1/t14-,15?,17?,21?/m0/s1. The number of nitrogens with zero attached hydrogens (tertiary/aromatic N) is 3. The molecule has 0 aromatic heterocycles. The molecule has 0 saturated carbocycles. The Bertz CT molecular complexity index is 672. The van der Waals surface area contributed by atoms with Crippen molar-refractivity contribution >= 4 is 11.8 Å². The largest absolute Gasteiger partial charge is 0.465 e.